The van der Waals surface area contributed by atoms with Gasteiger partial charge in [0.25, 0.3) is 5.56 Å². The van der Waals surface area contributed by atoms with Gasteiger partial charge in [-0.3, -0.25) is 9.59 Å². The number of amides is 1. The molecule has 0 N–H and O–H groups in total. The molecule has 3 heterocycles. The molecule has 0 bridgehead atoms. The van der Waals surface area contributed by atoms with Gasteiger partial charge < -0.3 is 4.90 Å². The zero-order valence-electron chi connectivity index (χ0n) is 15.7. The summed E-state index contributed by atoms with van der Waals surface area (Å²) in [5.41, 5.74) is 1.26. The zero-order valence-corrected chi connectivity index (χ0v) is 16.5. The summed E-state index contributed by atoms with van der Waals surface area (Å²) in [7, 11) is 0. The van der Waals surface area contributed by atoms with Crippen LogP contribution in [-0.4, -0.2) is 43.9 Å². The molecule has 1 atom stereocenters. The molecule has 146 valence electrons. The Labute approximate surface area is 170 Å². The van der Waals surface area contributed by atoms with E-state index in [1.165, 1.54) is 4.70 Å². The number of aromatic nitrogens is 4. The Balaban J connectivity index is 1.35. The first-order chi connectivity index (χ1) is 14.2. The average molecular weight is 405 g/mol. The standard InChI is InChI=1S/C21H19N5O2S/c27-19(13-26-21(28)15-7-1-2-8-16(15)23-24-26)25-11-5-6-14(12-25)20-22-17-9-3-4-10-18(17)29-20/h1-4,7-10,14H,5-6,11-13H2/t14-/m1/s1. The van der Waals surface area contributed by atoms with Gasteiger partial charge in [-0.1, -0.05) is 29.5 Å². The van der Waals surface area contributed by atoms with Crippen molar-refractivity contribution in [2.75, 3.05) is 13.1 Å². The van der Waals surface area contributed by atoms with E-state index in [-0.39, 0.29) is 23.9 Å². The molecule has 1 aliphatic heterocycles. The van der Waals surface area contributed by atoms with Gasteiger partial charge >= 0.3 is 0 Å². The van der Waals surface area contributed by atoms with Crippen LogP contribution in [0.4, 0.5) is 0 Å². The van der Waals surface area contributed by atoms with E-state index in [1.54, 1.807) is 29.5 Å². The molecule has 1 amide bonds. The molecule has 4 aromatic rings. The number of fused-ring (bicyclic) bond motifs is 2. The number of piperidine rings is 1. The van der Waals surface area contributed by atoms with Crippen molar-refractivity contribution in [2.45, 2.75) is 25.3 Å². The lowest BCUT2D eigenvalue weighted by molar-refractivity contribution is -0.133. The third kappa shape index (κ3) is 3.40. The second kappa shape index (κ2) is 7.36. The number of carbonyl (C=O) groups excluding carboxylic acids is 1. The molecule has 2 aromatic carbocycles. The maximum absolute atomic E-state index is 12.9. The molecule has 2 aromatic heterocycles. The first-order valence-electron chi connectivity index (χ1n) is 9.65. The van der Waals surface area contributed by atoms with Gasteiger partial charge in [0.2, 0.25) is 5.91 Å². The molecular weight excluding hydrogens is 386 g/mol. The van der Waals surface area contributed by atoms with Crippen molar-refractivity contribution >= 4 is 38.4 Å². The Bertz CT molecular complexity index is 1230. The highest BCUT2D eigenvalue weighted by Crippen LogP contribution is 2.32. The Hall–Kier alpha value is -3.13. The number of hydrogen-bond acceptors (Lipinski definition) is 6. The van der Waals surface area contributed by atoms with E-state index < -0.39 is 0 Å². The van der Waals surface area contributed by atoms with E-state index in [0.29, 0.717) is 24.0 Å². The predicted octanol–water partition coefficient (Wildman–Crippen LogP) is 2.81. The summed E-state index contributed by atoms with van der Waals surface area (Å²) in [6.07, 6.45) is 1.93. The highest BCUT2D eigenvalue weighted by atomic mass is 32.1. The van der Waals surface area contributed by atoms with Crippen LogP contribution in [0.15, 0.2) is 53.3 Å². The number of benzene rings is 2. The fourth-order valence-corrected chi connectivity index (χ4v) is 4.92. The third-order valence-corrected chi connectivity index (χ3v) is 6.55. The van der Waals surface area contributed by atoms with Gasteiger partial charge in [0.05, 0.1) is 20.6 Å². The van der Waals surface area contributed by atoms with Crippen molar-refractivity contribution in [3.05, 3.63) is 63.9 Å². The summed E-state index contributed by atoms with van der Waals surface area (Å²) in [6.45, 7) is 1.22. The molecule has 1 saturated heterocycles. The summed E-state index contributed by atoms with van der Waals surface area (Å²) in [6, 6.07) is 15.1. The van der Waals surface area contributed by atoms with Crippen molar-refractivity contribution in [3.63, 3.8) is 0 Å². The number of thiazole rings is 1. The van der Waals surface area contributed by atoms with E-state index >= 15 is 0 Å². The molecule has 0 aliphatic carbocycles. The van der Waals surface area contributed by atoms with Crippen LogP contribution in [0.3, 0.4) is 0 Å². The molecule has 0 spiro atoms. The first-order valence-corrected chi connectivity index (χ1v) is 10.5. The molecule has 1 aliphatic rings. The number of carbonyl (C=O) groups is 1. The molecule has 5 rings (SSSR count). The zero-order chi connectivity index (χ0) is 19.8. The van der Waals surface area contributed by atoms with Crippen LogP contribution in [0.2, 0.25) is 0 Å². The third-order valence-electron chi connectivity index (χ3n) is 5.35. The normalized spacial score (nSPS) is 17.1. The van der Waals surface area contributed by atoms with Gasteiger partial charge in [0, 0.05) is 19.0 Å². The summed E-state index contributed by atoms with van der Waals surface area (Å²) in [4.78, 5) is 32.1. The molecule has 1 fully saturated rings. The fraction of sp³-hybridized carbons (Fsp3) is 0.286. The monoisotopic (exact) mass is 405 g/mol. The minimum atomic E-state index is -0.288. The SMILES string of the molecule is O=C(Cn1nnc2ccccc2c1=O)N1CCC[C@@H](c2nc3ccccc3s2)C1. The van der Waals surface area contributed by atoms with Crippen LogP contribution in [0.5, 0.6) is 0 Å². The minimum absolute atomic E-state index is 0.0940. The van der Waals surface area contributed by atoms with Crippen LogP contribution in [-0.2, 0) is 11.3 Å². The van der Waals surface area contributed by atoms with Crippen molar-refractivity contribution in [2.24, 2.45) is 0 Å². The van der Waals surface area contributed by atoms with Gasteiger partial charge in [-0.25, -0.2) is 9.67 Å². The number of hydrogen-bond donors (Lipinski definition) is 0. The van der Waals surface area contributed by atoms with E-state index in [2.05, 4.69) is 16.4 Å². The van der Waals surface area contributed by atoms with Crippen molar-refractivity contribution in [3.8, 4) is 0 Å². The van der Waals surface area contributed by atoms with Crippen LogP contribution >= 0.6 is 11.3 Å². The fourth-order valence-electron chi connectivity index (χ4n) is 3.82. The molecule has 0 unspecified atom stereocenters. The van der Waals surface area contributed by atoms with E-state index in [0.717, 1.165) is 28.0 Å². The van der Waals surface area contributed by atoms with Gasteiger partial charge in [0.1, 0.15) is 12.1 Å². The molecule has 29 heavy (non-hydrogen) atoms. The average Bonchev–Trinajstić information content (AvgIpc) is 3.20. The summed E-state index contributed by atoms with van der Waals surface area (Å²) >= 11 is 1.70. The van der Waals surface area contributed by atoms with Crippen molar-refractivity contribution in [1.29, 1.82) is 0 Å². The molecule has 8 heteroatoms. The van der Waals surface area contributed by atoms with Crippen LogP contribution in [0.25, 0.3) is 21.1 Å². The van der Waals surface area contributed by atoms with Gasteiger partial charge in [-0.15, -0.1) is 16.4 Å². The first kappa shape index (κ1) is 17.9. The van der Waals surface area contributed by atoms with E-state index in [1.807, 2.05) is 29.2 Å². The van der Waals surface area contributed by atoms with Crippen LogP contribution in [0, 0.1) is 0 Å². The Kier molecular flexibility index (Phi) is 4.55. The van der Waals surface area contributed by atoms with Crippen LogP contribution < -0.4 is 5.56 Å². The Morgan fingerprint density at radius 1 is 1.10 bits per heavy atom. The Morgan fingerprint density at radius 2 is 1.90 bits per heavy atom. The summed E-state index contributed by atoms with van der Waals surface area (Å²) in [5.74, 6) is 0.118. The molecule has 7 nitrogen and oxygen atoms in total. The molecule has 0 radical (unpaired) electrons. The predicted molar refractivity (Wildman–Crippen MR) is 112 cm³/mol. The van der Waals surface area contributed by atoms with E-state index in [9.17, 15) is 9.59 Å². The van der Waals surface area contributed by atoms with E-state index in [4.69, 9.17) is 4.98 Å². The van der Waals surface area contributed by atoms with Gasteiger partial charge in [-0.05, 0) is 37.1 Å². The molecule has 0 saturated carbocycles. The van der Waals surface area contributed by atoms with Gasteiger partial charge in [0.15, 0.2) is 0 Å². The summed E-state index contributed by atoms with van der Waals surface area (Å²) in [5, 5.41) is 9.55. The molecular formula is C21H19N5O2S. The lowest BCUT2D eigenvalue weighted by atomic mass is 9.98. The van der Waals surface area contributed by atoms with Gasteiger partial charge in [-0.2, -0.15) is 0 Å². The van der Waals surface area contributed by atoms with Crippen molar-refractivity contribution in [1.82, 2.24) is 24.9 Å². The number of nitrogens with zero attached hydrogens (tertiary/aromatic N) is 5. The lowest BCUT2D eigenvalue weighted by Crippen LogP contribution is -2.42. The van der Waals surface area contributed by atoms with Crippen LogP contribution in [0.1, 0.15) is 23.8 Å². The maximum Gasteiger partial charge on any atom is 0.278 e. The number of para-hydroxylation sites is 1. The highest BCUT2D eigenvalue weighted by molar-refractivity contribution is 7.18. The Morgan fingerprint density at radius 3 is 2.76 bits per heavy atom. The minimum Gasteiger partial charge on any atom is -0.340 e. The number of likely N-dealkylation sites (tertiary alicyclic amines) is 1. The topological polar surface area (TPSA) is 81.0 Å². The quantitative estimate of drug-likeness (QED) is 0.524. The maximum atomic E-state index is 12.9. The highest BCUT2D eigenvalue weighted by Gasteiger charge is 2.27. The lowest BCUT2D eigenvalue weighted by Gasteiger charge is -2.31. The second-order valence-electron chi connectivity index (χ2n) is 7.27. The largest absolute Gasteiger partial charge is 0.340 e. The van der Waals surface area contributed by atoms with Crippen molar-refractivity contribution < 1.29 is 4.79 Å². The summed E-state index contributed by atoms with van der Waals surface area (Å²) < 4.78 is 2.33. The second-order valence-corrected chi connectivity index (χ2v) is 8.33. The number of rotatable bonds is 3. The smallest absolute Gasteiger partial charge is 0.278 e.